The van der Waals surface area contributed by atoms with Gasteiger partial charge in [-0.15, -0.1) is 0 Å². The first-order valence-electron chi connectivity index (χ1n) is 3.82. The van der Waals surface area contributed by atoms with E-state index in [1.165, 1.54) is 0 Å². The van der Waals surface area contributed by atoms with Crippen LogP contribution >= 0.6 is 0 Å². The summed E-state index contributed by atoms with van der Waals surface area (Å²) in [6.45, 7) is 0. The van der Waals surface area contributed by atoms with Crippen LogP contribution < -0.4 is 5.73 Å². The molecule has 0 radical (unpaired) electrons. The van der Waals surface area contributed by atoms with Crippen LogP contribution in [0.5, 0.6) is 0 Å². The van der Waals surface area contributed by atoms with E-state index in [9.17, 15) is 18.0 Å². The van der Waals surface area contributed by atoms with Gasteiger partial charge in [0, 0.05) is 6.42 Å². The Morgan fingerprint density at radius 2 is 1.73 bits per heavy atom. The second kappa shape index (κ2) is 5.05. The Morgan fingerprint density at radius 3 is 2.00 bits per heavy atom. The van der Waals surface area contributed by atoms with E-state index in [4.69, 9.17) is 20.5 Å². The molecular formula is C6H11NO7S. The first-order valence-corrected chi connectivity index (χ1v) is 5.33. The number of carbonyl (C=O) groups is 2. The van der Waals surface area contributed by atoms with Crippen molar-refractivity contribution in [3.63, 3.8) is 0 Å². The minimum Gasteiger partial charge on any atom is -0.481 e. The van der Waals surface area contributed by atoms with Crippen LogP contribution in [0.15, 0.2) is 0 Å². The Morgan fingerprint density at radius 1 is 1.27 bits per heavy atom. The Labute approximate surface area is 85.4 Å². The van der Waals surface area contributed by atoms with Crippen LogP contribution in [0.3, 0.4) is 0 Å². The lowest BCUT2D eigenvalue weighted by Gasteiger charge is -2.16. The molecule has 0 aliphatic rings. The standard InChI is InChI=1S/C6H11NO7S/c7-5(6(10)11)3(15(12,13)14)1-2-4(8)9/h3,5H,1-2,7H2,(H,8,9)(H,10,11)(H,12,13,14)/t3-,5+/m1/s1. The van der Waals surface area contributed by atoms with Gasteiger partial charge in [-0.05, 0) is 6.42 Å². The highest BCUT2D eigenvalue weighted by molar-refractivity contribution is 7.86. The molecule has 5 N–H and O–H groups in total. The lowest BCUT2D eigenvalue weighted by atomic mass is 10.1. The Kier molecular flexibility index (Phi) is 4.65. The fourth-order valence-electron chi connectivity index (χ4n) is 0.939. The van der Waals surface area contributed by atoms with E-state index in [-0.39, 0.29) is 0 Å². The summed E-state index contributed by atoms with van der Waals surface area (Å²) in [7, 11) is -4.67. The molecule has 0 unspecified atom stereocenters. The van der Waals surface area contributed by atoms with E-state index >= 15 is 0 Å². The van der Waals surface area contributed by atoms with Crippen molar-refractivity contribution in [1.29, 1.82) is 0 Å². The molecule has 0 aromatic heterocycles. The molecule has 0 saturated heterocycles. The Bertz CT molecular complexity index is 348. The SMILES string of the molecule is N[C@H](C(=O)O)[C@@H](CCC(=O)O)S(=O)(=O)O. The predicted molar refractivity (Wildman–Crippen MR) is 47.8 cm³/mol. The molecule has 0 aromatic rings. The van der Waals surface area contributed by atoms with Crippen molar-refractivity contribution < 1.29 is 32.8 Å². The third-order valence-corrected chi connectivity index (χ3v) is 3.01. The van der Waals surface area contributed by atoms with Gasteiger partial charge in [-0.1, -0.05) is 0 Å². The summed E-state index contributed by atoms with van der Waals surface area (Å²) in [5.74, 6) is -2.93. The van der Waals surface area contributed by atoms with E-state index in [1.807, 2.05) is 0 Å². The summed E-state index contributed by atoms with van der Waals surface area (Å²) in [6.07, 6.45) is -1.15. The van der Waals surface area contributed by atoms with Gasteiger partial charge in [0.15, 0.2) is 0 Å². The van der Waals surface area contributed by atoms with Crippen LogP contribution in [0.2, 0.25) is 0 Å². The monoisotopic (exact) mass is 241 g/mol. The van der Waals surface area contributed by atoms with Gasteiger partial charge < -0.3 is 15.9 Å². The van der Waals surface area contributed by atoms with Crippen LogP contribution in [0.25, 0.3) is 0 Å². The van der Waals surface area contributed by atoms with Crippen molar-refractivity contribution in [2.24, 2.45) is 5.73 Å². The highest BCUT2D eigenvalue weighted by Crippen LogP contribution is 2.11. The lowest BCUT2D eigenvalue weighted by Crippen LogP contribution is -2.46. The zero-order valence-corrected chi connectivity index (χ0v) is 8.35. The van der Waals surface area contributed by atoms with E-state index < -0.39 is 46.2 Å². The summed E-state index contributed by atoms with van der Waals surface area (Å²) in [6, 6.07) is -1.85. The highest BCUT2D eigenvalue weighted by Gasteiger charge is 2.34. The molecule has 0 amide bonds. The van der Waals surface area contributed by atoms with Crippen molar-refractivity contribution in [3.05, 3.63) is 0 Å². The summed E-state index contributed by atoms with van der Waals surface area (Å²) in [5, 5.41) is 14.9. The molecule has 0 fully saturated rings. The number of carboxylic acids is 2. The molecule has 2 atom stereocenters. The van der Waals surface area contributed by atoms with Crippen molar-refractivity contribution in [2.75, 3.05) is 0 Å². The number of hydrogen-bond donors (Lipinski definition) is 4. The van der Waals surface area contributed by atoms with E-state index in [0.717, 1.165) is 0 Å². The van der Waals surface area contributed by atoms with Crippen LogP contribution in [0.1, 0.15) is 12.8 Å². The average Bonchev–Trinajstić information content (AvgIpc) is 2.00. The van der Waals surface area contributed by atoms with E-state index in [0.29, 0.717) is 0 Å². The van der Waals surface area contributed by atoms with Crippen molar-refractivity contribution >= 4 is 22.1 Å². The smallest absolute Gasteiger partial charge is 0.321 e. The maximum Gasteiger partial charge on any atom is 0.321 e. The molecule has 0 rings (SSSR count). The van der Waals surface area contributed by atoms with Gasteiger partial charge in [-0.2, -0.15) is 8.42 Å². The van der Waals surface area contributed by atoms with E-state index in [1.54, 1.807) is 0 Å². The number of aliphatic carboxylic acids is 2. The molecule has 0 aromatic carbocycles. The van der Waals surface area contributed by atoms with Gasteiger partial charge in [0.05, 0.1) is 0 Å². The summed E-state index contributed by atoms with van der Waals surface area (Å²) in [5.41, 5.74) is 5.00. The maximum absolute atomic E-state index is 10.7. The Balaban J connectivity index is 4.75. The van der Waals surface area contributed by atoms with Gasteiger partial charge in [-0.25, -0.2) is 0 Å². The molecule has 88 valence electrons. The molecule has 0 heterocycles. The third-order valence-electron chi connectivity index (χ3n) is 1.71. The third kappa shape index (κ3) is 4.72. The number of hydrogen-bond acceptors (Lipinski definition) is 5. The summed E-state index contributed by atoms with van der Waals surface area (Å²) >= 11 is 0. The van der Waals surface area contributed by atoms with Gasteiger partial charge >= 0.3 is 11.9 Å². The first kappa shape index (κ1) is 13.8. The second-order valence-electron chi connectivity index (χ2n) is 2.85. The van der Waals surface area contributed by atoms with Crippen molar-refractivity contribution in [1.82, 2.24) is 0 Å². The fourth-order valence-corrected chi connectivity index (χ4v) is 1.84. The molecule has 0 bridgehead atoms. The zero-order valence-electron chi connectivity index (χ0n) is 7.53. The number of carboxylic acid groups (broad SMARTS) is 2. The number of rotatable bonds is 6. The van der Waals surface area contributed by atoms with E-state index in [2.05, 4.69) is 0 Å². The quantitative estimate of drug-likeness (QED) is 0.410. The molecule has 15 heavy (non-hydrogen) atoms. The molecule has 0 aliphatic carbocycles. The van der Waals surface area contributed by atoms with Gasteiger partial charge in [0.1, 0.15) is 11.3 Å². The first-order chi connectivity index (χ1) is 6.66. The van der Waals surface area contributed by atoms with Crippen molar-refractivity contribution in [2.45, 2.75) is 24.1 Å². The minimum absolute atomic E-state index is 0.554. The van der Waals surface area contributed by atoms with Gasteiger partial charge in [-0.3, -0.25) is 14.1 Å². The van der Waals surface area contributed by atoms with Gasteiger partial charge in [0.25, 0.3) is 10.1 Å². The highest BCUT2D eigenvalue weighted by atomic mass is 32.2. The summed E-state index contributed by atoms with van der Waals surface area (Å²) < 4.78 is 30.1. The molecule has 0 spiro atoms. The predicted octanol–water partition coefficient (Wildman–Crippen LogP) is -1.48. The summed E-state index contributed by atoms with van der Waals surface area (Å²) in [4.78, 5) is 20.5. The van der Waals surface area contributed by atoms with Crippen LogP contribution in [-0.4, -0.2) is 46.4 Å². The van der Waals surface area contributed by atoms with Crippen LogP contribution in [0, 0.1) is 0 Å². The van der Waals surface area contributed by atoms with Gasteiger partial charge in [0.2, 0.25) is 0 Å². The lowest BCUT2D eigenvalue weighted by molar-refractivity contribution is -0.140. The minimum atomic E-state index is -4.67. The molecule has 0 aliphatic heterocycles. The normalized spacial score (nSPS) is 15.6. The molecule has 9 heteroatoms. The average molecular weight is 241 g/mol. The fraction of sp³-hybridized carbons (Fsp3) is 0.667. The van der Waals surface area contributed by atoms with Crippen LogP contribution in [-0.2, 0) is 19.7 Å². The molecule has 8 nitrogen and oxygen atoms in total. The molecule has 0 saturated carbocycles. The zero-order chi connectivity index (χ0) is 12.2. The Hall–Kier alpha value is -1.19. The number of nitrogens with two attached hydrogens (primary N) is 1. The second-order valence-corrected chi connectivity index (χ2v) is 4.49. The topological polar surface area (TPSA) is 155 Å². The van der Waals surface area contributed by atoms with Crippen molar-refractivity contribution in [3.8, 4) is 0 Å². The van der Waals surface area contributed by atoms with Crippen LogP contribution in [0.4, 0.5) is 0 Å². The largest absolute Gasteiger partial charge is 0.481 e. The molecular weight excluding hydrogens is 230 g/mol. The maximum atomic E-state index is 10.7.